The number of pyridine rings is 1. The van der Waals surface area contributed by atoms with Crippen LogP contribution in [-0.2, 0) is 0 Å². The van der Waals surface area contributed by atoms with Gasteiger partial charge in [-0.3, -0.25) is 4.79 Å². The number of rotatable bonds is 5. The Kier molecular flexibility index (Phi) is 7.83. The van der Waals surface area contributed by atoms with Crippen LogP contribution in [0.2, 0.25) is 0 Å². The van der Waals surface area contributed by atoms with Crippen LogP contribution in [0.25, 0.3) is 0 Å². The largest absolute Gasteiger partial charge is 0.369 e. The summed E-state index contributed by atoms with van der Waals surface area (Å²) in [5.74, 6) is 0.908. The Morgan fingerprint density at radius 3 is 2.49 bits per heavy atom. The van der Waals surface area contributed by atoms with Crippen molar-refractivity contribution in [3.05, 3.63) is 48.2 Å². The van der Waals surface area contributed by atoms with Gasteiger partial charge in [0.2, 0.25) is 0 Å². The van der Waals surface area contributed by atoms with Crippen molar-refractivity contribution in [3.8, 4) is 6.07 Å². The maximum absolute atomic E-state index is 12.9. The number of benzene rings is 1. The Bertz CT molecular complexity index is 1080. The summed E-state index contributed by atoms with van der Waals surface area (Å²) in [6, 6.07) is 13.8. The molecule has 2 aromatic rings. The minimum absolute atomic E-state index is 0.0334. The highest BCUT2D eigenvalue weighted by molar-refractivity contribution is 5.97. The maximum atomic E-state index is 12.9. The number of carbonyl (C=O) groups excluding carboxylic acids is 1. The van der Waals surface area contributed by atoms with Crippen molar-refractivity contribution in [1.29, 1.82) is 5.26 Å². The molecule has 1 amide bonds. The van der Waals surface area contributed by atoms with Crippen molar-refractivity contribution < 1.29 is 4.79 Å². The van der Waals surface area contributed by atoms with Crippen LogP contribution in [0.5, 0.6) is 0 Å². The number of anilines is 2. The quantitative estimate of drug-likeness (QED) is 0.506. The smallest absolute Gasteiger partial charge is 0.253 e. The normalized spacial score (nSPS) is 18.2. The molecule has 3 N–H and O–H groups in total. The number of hydrogen-bond acceptors (Lipinski definition) is 6. The molecule has 9 heteroatoms. The van der Waals surface area contributed by atoms with Crippen LogP contribution in [0.15, 0.2) is 47.6 Å². The summed E-state index contributed by atoms with van der Waals surface area (Å²) in [5.41, 5.74) is 8.50. The highest BCUT2D eigenvalue weighted by Gasteiger charge is 2.25. The minimum Gasteiger partial charge on any atom is -0.369 e. The van der Waals surface area contributed by atoms with Crippen LogP contribution < -0.4 is 16.0 Å². The molecule has 35 heavy (non-hydrogen) atoms. The van der Waals surface area contributed by atoms with Gasteiger partial charge in [0.1, 0.15) is 0 Å². The molecule has 4 rings (SSSR count). The molecule has 184 valence electrons. The number of nitrogens with zero attached hydrogens (tertiary/aromatic N) is 6. The summed E-state index contributed by atoms with van der Waals surface area (Å²) >= 11 is 0. The van der Waals surface area contributed by atoms with Gasteiger partial charge in [-0.1, -0.05) is 0 Å². The summed E-state index contributed by atoms with van der Waals surface area (Å²) in [7, 11) is 4.01. The zero-order valence-corrected chi connectivity index (χ0v) is 20.5. The lowest BCUT2D eigenvalue weighted by atomic mass is 9.98. The molecule has 0 atom stereocenters. The first-order valence-electron chi connectivity index (χ1n) is 12.2. The van der Waals surface area contributed by atoms with Gasteiger partial charge < -0.3 is 25.8 Å². The number of guanidine groups is 1. The summed E-state index contributed by atoms with van der Waals surface area (Å²) in [4.78, 5) is 28.2. The van der Waals surface area contributed by atoms with E-state index in [4.69, 9.17) is 11.0 Å². The SMILES string of the molecule is CN1CCC(N(C)C(=O)c2ccc(N/C(N)=N/c3ncccc3N3CCC(C#N)CC3)cc2)CC1. The van der Waals surface area contributed by atoms with E-state index in [9.17, 15) is 4.79 Å². The third-order valence-electron chi connectivity index (χ3n) is 6.97. The van der Waals surface area contributed by atoms with Crippen LogP contribution in [0.3, 0.4) is 0 Å². The van der Waals surface area contributed by atoms with E-state index in [2.05, 4.69) is 38.2 Å². The van der Waals surface area contributed by atoms with Crippen molar-refractivity contribution in [2.75, 3.05) is 50.5 Å². The van der Waals surface area contributed by atoms with Gasteiger partial charge in [0.05, 0.1) is 11.8 Å². The van der Waals surface area contributed by atoms with E-state index in [0.29, 0.717) is 11.4 Å². The van der Waals surface area contributed by atoms with Crippen molar-refractivity contribution >= 4 is 29.1 Å². The van der Waals surface area contributed by atoms with Crippen LogP contribution >= 0.6 is 0 Å². The van der Waals surface area contributed by atoms with Crippen LogP contribution in [0.1, 0.15) is 36.0 Å². The fraction of sp³-hybridized carbons (Fsp3) is 0.462. The second-order valence-corrected chi connectivity index (χ2v) is 9.39. The Balaban J connectivity index is 1.39. The van der Waals surface area contributed by atoms with Gasteiger partial charge in [-0.15, -0.1) is 0 Å². The number of hydrogen-bond donors (Lipinski definition) is 2. The monoisotopic (exact) mass is 474 g/mol. The minimum atomic E-state index is 0.0334. The molecule has 0 unspecified atom stereocenters. The number of nitrogens with two attached hydrogens (primary N) is 1. The fourth-order valence-electron chi connectivity index (χ4n) is 4.71. The molecule has 0 aliphatic carbocycles. The standard InChI is InChI=1S/C26H34N8O/c1-32-14-11-22(12-15-32)33(2)25(35)20-5-7-21(8-6-20)30-26(28)31-24-23(4-3-13-29-24)34-16-9-19(18-27)10-17-34/h3-8,13,19,22H,9-12,14-17H2,1-2H3,(H3,28,29,30,31). The molecule has 0 radical (unpaired) electrons. The molecule has 0 bridgehead atoms. The molecule has 2 aliphatic heterocycles. The number of piperidine rings is 2. The number of aliphatic imine (C=N–C) groups is 1. The fourth-order valence-corrected chi connectivity index (χ4v) is 4.71. The Labute approximate surface area is 207 Å². The summed E-state index contributed by atoms with van der Waals surface area (Å²) < 4.78 is 0. The highest BCUT2D eigenvalue weighted by atomic mass is 16.2. The van der Waals surface area contributed by atoms with Crippen molar-refractivity contribution in [1.82, 2.24) is 14.8 Å². The van der Waals surface area contributed by atoms with E-state index in [0.717, 1.165) is 63.2 Å². The molecule has 1 aromatic heterocycles. The Morgan fingerprint density at radius 2 is 1.83 bits per heavy atom. The molecule has 1 aromatic carbocycles. The van der Waals surface area contributed by atoms with Gasteiger partial charge in [0.15, 0.2) is 11.8 Å². The lowest BCUT2D eigenvalue weighted by molar-refractivity contribution is 0.0659. The molecular formula is C26H34N8O. The number of nitriles is 1. The number of likely N-dealkylation sites (tertiary alicyclic amines) is 1. The first kappa shape index (κ1) is 24.5. The zero-order chi connectivity index (χ0) is 24.8. The topological polar surface area (TPSA) is 114 Å². The average Bonchev–Trinajstić information content (AvgIpc) is 2.89. The second kappa shape index (κ2) is 11.2. The molecule has 2 saturated heterocycles. The predicted molar refractivity (Wildman–Crippen MR) is 139 cm³/mol. The molecule has 2 aliphatic rings. The van der Waals surface area contributed by atoms with Crippen molar-refractivity contribution in [2.24, 2.45) is 16.6 Å². The number of aromatic nitrogens is 1. The van der Waals surface area contributed by atoms with E-state index in [1.807, 2.05) is 48.3 Å². The van der Waals surface area contributed by atoms with Gasteiger partial charge in [0.25, 0.3) is 5.91 Å². The lowest BCUT2D eigenvalue weighted by Gasteiger charge is -2.35. The second-order valence-electron chi connectivity index (χ2n) is 9.39. The van der Waals surface area contributed by atoms with Crippen LogP contribution in [0.4, 0.5) is 17.2 Å². The predicted octanol–water partition coefficient (Wildman–Crippen LogP) is 3.05. The average molecular weight is 475 g/mol. The van der Waals surface area contributed by atoms with E-state index < -0.39 is 0 Å². The number of amides is 1. The van der Waals surface area contributed by atoms with E-state index in [1.165, 1.54) is 0 Å². The summed E-state index contributed by atoms with van der Waals surface area (Å²) in [6.07, 6.45) is 5.36. The summed E-state index contributed by atoms with van der Waals surface area (Å²) in [5, 5.41) is 12.3. The van der Waals surface area contributed by atoms with E-state index in [1.54, 1.807) is 6.20 Å². The zero-order valence-electron chi connectivity index (χ0n) is 20.5. The first-order valence-corrected chi connectivity index (χ1v) is 12.2. The van der Waals surface area contributed by atoms with Gasteiger partial charge in [0, 0.05) is 49.5 Å². The third-order valence-corrected chi connectivity index (χ3v) is 6.97. The third kappa shape index (κ3) is 6.08. The molecule has 3 heterocycles. The molecule has 0 spiro atoms. The van der Waals surface area contributed by atoms with E-state index in [-0.39, 0.29) is 23.8 Å². The highest BCUT2D eigenvalue weighted by Crippen LogP contribution is 2.30. The molecule has 9 nitrogen and oxygen atoms in total. The van der Waals surface area contributed by atoms with Gasteiger partial charge in [-0.05, 0) is 82.2 Å². The Morgan fingerprint density at radius 1 is 1.14 bits per heavy atom. The van der Waals surface area contributed by atoms with Crippen molar-refractivity contribution in [3.63, 3.8) is 0 Å². The van der Waals surface area contributed by atoms with Crippen LogP contribution in [0, 0.1) is 17.2 Å². The molecular weight excluding hydrogens is 440 g/mol. The van der Waals surface area contributed by atoms with E-state index >= 15 is 0 Å². The van der Waals surface area contributed by atoms with Gasteiger partial charge in [-0.2, -0.15) is 10.3 Å². The first-order chi connectivity index (χ1) is 16.9. The Hall–Kier alpha value is -3.64. The number of carbonyl (C=O) groups is 1. The van der Waals surface area contributed by atoms with Crippen LogP contribution in [-0.4, -0.2) is 73.0 Å². The molecule has 0 saturated carbocycles. The summed E-state index contributed by atoms with van der Waals surface area (Å²) in [6.45, 7) is 3.61. The molecule has 2 fully saturated rings. The van der Waals surface area contributed by atoms with Crippen molar-refractivity contribution in [2.45, 2.75) is 31.7 Å². The maximum Gasteiger partial charge on any atom is 0.253 e. The lowest BCUT2D eigenvalue weighted by Crippen LogP contribution is -2.44. The van der Waals surface area contributed by atoms with Gasteiger partial charge >= 0.3 is 0 Å². The number of nitrogens with one attached hydrogen (secondary N) is 1. The van der Waals surface area contributed by atoms with Gasteiger partial charge in [-0.25, -0.2) is 4.98 Å².